The van der Waals surface area contributed by atoms with Gasteiger partial charge in [0.05, 0.1) is 13.2 Å². The predicted molar refractivity (Wildman–Crippen MR) is 69.8 cm³/mol. The molecule has 0 unspecified atom stereocenters. The van der Waals surface area contributed by atoms with Gasteiger partial charge in [-0.1, -0.05) is 11.6 Å². The van der Waals surface area contributed by atoms with Crippen molar-refractivity contribution < 1.29 is 4.74 Å². The first-order chi connectivity index (χ1) is 8.24. The highest BCUT2D eigenvalue weighted by Crippen LogP contribution is 2.18. The van der Waals surface area contributed by atoms with E-state index >= 15 is 0 Å². The standard InChI is InChI=1S/C11H16ClN3OS/c1-9-13-10(12)8-11(14-9)17-7-4-15-2-5-16-6-3-15/h8H,2-7H2,1H3. The second-order valence-electron chi connectivity index (χ2n) is 3.88. The number of aromatic nitrogens is 2. The van der Waals surface area contributed by atoms with Gasteiger partial charge < -0.3 is 4.74 Å². The molecule has 1 saturated heterocycles. The number of ether oxygens (including phenoxy) is 1. The van der Waals surface area contributed by atoms with E-state index in [0.29, 0.717) is 5.15 Å². The smallest absolute Gasteiger partial charge is 0.133 e. The van der Waals surface area contributed by atoms with Crippen molar-refractivity contribution >= 4 is 23.4 Å². The van der Waals surface area contributed by atoms with E-state index < -0.39 is 0 Å². The topological polar surface area (TPSA) is 38.2 Å². The maximum atomic E-state index is 5.89. The van der Waals surface area contributed by atoms with Gasteiger partial charge in [0.2, 0.25) is 0 Å². The van der Waals surface area contributed by atoms with Crippen LogP contribution in [0.4, 0.5) is 0 Å². The molecular formula is C11H16ClN3OS. The molecule has 4 nitrogen and oxygen atoms in total. The molecule has 94 valence electrons. The lowest BCUT2D eigenvalue weighted by Crippen LogP contribution is -2.37. The van der Waals surface area contributed by atoms with E-state index in [-0.39, 0.29) is 0 Å². The van der Waals surface area contributed by atoms with Crippen molar-refractivity contribution in [3.8, 4) is 0 Å². The van der Waals surface area contributed by atoms with Gasteiger partial charge >= 0.3 is 0 Å². The van der Waals surface area contributed by atoms with Gasteiger partial charge in [-0.25, -0.2) is 9.97 Å². The van der Waals surface area contributed by atoms with Crippen LogP contribution in [0.2, 0.25) is 5.15 Å². The van der Waals surface area contributed by atoms with Crippen LogP contribution in [0.25, 0.3) is 0 Å². The Balaban J connectivity index is 1.77. The zero-order chi connectivity index (χ0) is 12.1. The fourth-order valence-electron chi connectivity index (χ4n) is 1.68. The molecular weight excluding hydrogens is 258 g/mol. The maximum absolute atomic E-state index is 5.89. The Hall–Kier alpha value is -0.360. The lowest BCUT2D eigenvalue weighted by molar-refractivity contribution is 0.0410. The lowest BCUT2D eigenvalue weighted by atomic mass is 10.4. The van der Waals surface area contributed by atoms with Gasteiger partial charge in [0, 0.05) is 31.5 Å². The first-order valence-electron chi connectivity index (χ1n) is 5.68. The number of nitrogens with zero attached hydrogens (tertiary/aromatic N) is 3. The number of rotatable bonds is 4. The van der Waals surface area contributed by atoms with E-state index in [1.807, 2.05) is 13.0 Å². The molecule has 1 fully saturated rings. The summed E-state index contributed by atoms with van der Waals surface area (Å²) in [6, 6.07) is 1.82. The van der Waals surface area contributed by atoms with Gasteiger partial charge in [-0.15, -0.1) is 11.8 Å². The van der Waals surface area contributed by atoms with E-state index in [0.717, 1.165) is 49.5 Å². The highest BCUT2D eigenvalue weighted by molar-refractivity contribution is 7.99. The van der Waals surface area contributed by atoms with Gasteiger partial charge in [-0.05, 0) is 6.92 Å². The predicted octanol–water partition coefficient (Wildman–Crippen LogP) is 1.86. The molecule has 0 spiro atoms. The number of thioether (sulfide) groups is 1. The minimum Gasteiger partial charge on any atom is -0.379 e. The summed E-state index contributed by atoms with van der Waals surface area (Å²) in [5, 5.41) is 1.47. The van der Waals surface area contributed by atoms with Crippen LogP contribution < -0.4 is 0 Å². The third-order valence-electron chi connectivity index (χ3n) is 2.54. The summed E-state index contributed by atoms with van der Waals surface area (Å²) in [6.07, 6.45) is 0. The Bertz CT molecular complexity index is 351. The van der Waals surface area contributed by atoms with Crippen LogP contribution in [-0.4, -0.2) is 53.5 Å². The molecule has 0 aromatic carbocycles. The summed E-state index contributed by atoms with van der Waals surface area (Å²) in [4.78, 5) is 10.8. The van der Waals surface area contributed by atoms with Gasteiger partial charge in [0.15, 0.2) is 0 Å². The summed E-state index contributed by atoms with van der Waals surface area (Å²) in [7, 11) is 0. The molecule has 0 aliphatic carbocycles. The Kier molecular flexibility index (Phi) is 5.03. The molecule has 0 amide bonds. The summed E-state index contributed by atoms with van der Waals surface area (Å²) in [5.74, 6) is 1.75. The maximum Gasteiger partial charge on any atom is 0.133 e. The van der Waals surface area contributed by atoms with Crippen LogP contribution in [0, 0.1) is 6.92 Å². The zero-order valence-corrected chi connectivity index (χ0v) is 11.4. The fraction of sp³-hybridized carbons (Fsp3) is 0.636. The monoisotopic (exact) mass is 273 g/mol. The van der Waals surface area contributed by atoms with Crippen molar-refractivity contribution in [3.05, 3.63) is 17.0 Å². The summed E-state index contributed by atoms with van der Waals surface area (Å²) in [5.41, 5.74) is 0. The minimum atomic E-state index is 0.520. The largest absolute Gasteiger partial charge is 0.379 e. The Morgan fingerprint density at radius 1 is 1.41 bits per heavy atom. The summed E-state index contributed by atoms with van der Waals surface area (Å²) >= 11 is 7.61. The average molecular weight is 274 g/mol. The quantitative estimate of drug-likeness (QED) is 0.618. The molecule has 1 aromatic rings. The molecule has 0 bridgehead atoms. The van der Waals surface area contributed by atoms with E-state index in [1.165, 1.54) is 0 Å². The third-order valence-corrected chi connectivity index (χ3v) is 3.63. The lowest BCUT2D eigenvalue weighted by Gasteiger charge is -2.26. The van der Waals surface area contributed by atoms with Crippen molar-refractivity contribution in [2.24, 2.45) is 0 Å². The van der Waals surface area contributed by atoms with E-state index in [2.05, 4.69) is 14.9 Å². The molecule has 17 heavy (non-hydrogen) atoms. The number of morpholine rings is 1. The Labute approximate surface area is 111 Å². The van der Waals surface area contributed by atoms with E-state index in [4.69, 9.17) is 16.3 Å². The second kappa shape index (κ2) is 6.54. The van der Waals surface area contributed by atoms with Crippen molar-refractivity contribution in [1.29, 1.82) is 0 Å². The van der Waals surface area contributed by atoms with Crippen molar-refractivity contribution in [3.63, 3.8) is 0 Å². The number of aryl methyl sites for hydroxylation is 1. The minimum absolute atomic E-state index is 0.520. The Morgan fingerprint density at radius 3 is 2.88 bits per heavy atom. The van der Waals surface area contributed by atoms with Gasteiger partial charge in [-0.3, -0.25) is 4.90 Å². The van der Waals surface area contributed by atoms with Crippen LogP contribution >= 0.6 is 23.4 Å². The van der Waals surface area contributed by atoms with E-state index in [1.54, 1.807) is 11.8 Å². The van der Waals surface area contributed by atoms with E-state index in [9.17, 15) is 0 Å². The summed E-state index contributed by atoms with van der Waals surface area (Å²) < 4.78 is 5.31. The first-order valence-corrected chi connectivity index (χ1v) is 7.04. The molecule has 1 aliphatic rings. The molecule has 0 atom stereocenters. The van der Waals surface area contributed by atoms with Crippen molar-refractivity contribution in [1.82, 2.24) is 14.9 Å². The van der Waals surface area contributed by atoms with Crippen molar-refractivity contribution in [2.45, 2.75) is 11.9 Å². The van der Waals surface area contributed by atoms with Crippen LogP contribution in [0.1, 0.15) is 5.82 Å². The summed E-state index contributed by atoms with van der Waals surface area (Å²) in [6.45, 7) is 6.69. The second-order valence-corrected chi connectivity index (χ2v) is 5.38. The number of hydrogen-bond acceptors (Lipinski definition) is 5. The molecule has 0 N–H and O–H groups in total. The van der Waals surface area contributed by atoms with Gasteiger partial charge in [0.1, 0.15) is 16.0 Å². The Morgan fingerprint density at radius 2 is 2.18 bits per heavy atom. The van der Waals surface area contributed by atoms with Crippen LogP contribution in [0.15, 0.2) is 11.1 Å². The zero-order valence-electron chi connectivity index (χ0n) is 9.86. The number of hydrogen-bond donors (Lipinski definition) is 0. The fourth-order valence-corrected chi connectivity index (χ4v) is 2.92. The molecule has 2 heterocycles. The molecule has 0 radical (unpaired) electrons. The molecule has 1 aliphatic heterocycles. The highest BCUT2D eigenvalue weighted by atomic mass is 35.5. The average Bonchev–Trinajstić information content (AvgIpc) is 2.29. The van der Waals surface area contributed by atoms with Gasteiger partial charge in [-0.2, -0.15) is 0 Å². The van der Waals surface area contributed by atoms with Gasteiger partial charge in [0.25, 0.3) is 0 Å². The molecule has 0 saturated carbocycles. The first kappa shape index (κ1) is 13.1. The normalized spacial score (nSPS) is 17.3. The van der Waals surface area contributed by atoms with Crippen LogP contribution in [0.5, 0.6) is 0 Å². The van der Waals surface area contributed by atoms with Crippen molar-refractivity contribution in [2.75, 3.05) is 38.6 Å². The SMILES string of the molecule is Cc1nc(Cl)cc(SCCN2CCOCC2)n1. The molecule has 6 heteroatoms. The third kappa shape index (κ3) is 4.43. The van der Waals surface area contributed by atoms with Crippen LogP contribution in [-0.2, 0) is 4.74 Å². The highest BCUT2D eigenvalue weighted by Gasteiger charge is 2.10. The molecule has 1 aromatic heterocycles. The molecule has 2 rings (SSSR count). The number of halogens is 1. The van der Waals surface area contributed by atoms with Crippen LogP contribution in [0.3, 0.4) is 0 Å².